The summed E-state index contributed by atoms with van der Waals surface area (Å²) in [7, 11) is 0. The summed E-state index contributed by atoms with van der Waals surface area (Å²) in [5.41, 5.74) is -0.444. The molecule has 0 spiro atoms. The quantitative estimate of drug-likeness (QED) is 0.480. The van der Waals surface area contributed by atoms with Crippen LogP contribution in [-0.2, 0) is 6.54 Å². The number of pyridine rings is 1. The Balaban J connectivity index is 0.00000264. The van der Waals surface area contributed by atoms with Crippen molar-refractivity contribution in [3.63, 3.8) is 0 Å². The van der Waals surface area contributed by atoms with Gasteiger partial charge in [-0.25, -0.2) is 0 Å². The zero-order valence-electron chi connectivity index (χ0n) is 11.5. The van der Waals surface area contributed by atoms with Gasteiger partial charge >= 0.3 is 0 Å². The molecule has 0 saturated carbocycles. The van der Waals surface area contributed by atoms with Gasteiger partial charge in [-0.15, -0.1) is 17.0 Å². The molecule has 0 amide bonds. The molecule has 9 nitrogen and oxygen atoms in total. The summed E-state index contributed by atoms with van der Waals surface area (Å²) in [5, 5.41) is 29.1. The van der Waals surface area contributed by atoms with Crippen LogP contribution >= 0.6 is 17.0 Å². The number of aromatic nitrogens is 1. The molecule has 1 heterocycles. The third-order valence-electron chi connectivity index (χ3n) is 2.91. The number of non-ortho nitro benzene ring substituents is 1. The van der Waals surface area contributed by atoms with E-state index in [1.165, 1.54) is 24.3 Å². The van der Waals surface area contributed by atoms with Gasteiger partial charge < -0.3 is 4.57 Å². The number of carbonyl (C=O) groups is 1. The van der Waals surface area contributed by atoms with Crippen LogP contribution in [-0.4, -0.2) is 20.2 Å². The first-order valence-electron chi connectivity index (χ1n) is 6.05. The molecule has 1 aromatic carbocycles. The van der Waals surface area contributed by atoms with Crippen LogP contribution in [0.3, 0.4) is 0 Å². The zero-order chi connectivity index (χ0) is 16.3. The van der Waals surface area contributed by atoms with Crippen LogP contribution in [0.2, 0.25) is 0 Å². The van der Waals surface area contributed by atoms with Crippen molar-refractivity contribution in [3.05, 3.63) is 73.9 Å². The molecule has 120 valence electrons. The lowest BCUT2D eigenvalue weighted by atomic mass is 10.1. The van der Waals surface area contributed by atoms with Gasteiger partial charge in [-0.3, -0.25) is 30.4 Å². The van der Waals surface area contributed by atoms with Gasteiger partial charge in [-0.2, -0.15) is 0 Å². The molecule has 2 rings (SSSR count). The average molecular weight is 383 g/mol. The van der Waals surface area contributed by atoms with E-state index in [1.54, 1.807) is 0 Å². The summed E-state index contributed by atoms with van der Waals surface area (Å²) in [6.07, 6.45) is 1.08. The Morgan fingerprint density at radius 1 is 1.09 bits per heavy atom. The van der Waals surface area contributed by atoms with Crippen molar-refractivity contribution < 1.29 is 14.6 Å². The minimum Gasteiger partial charge on any atom is -0.319 e. The molecule has 1 aromatic heterocycles. The topological polar surface area (TPSA) is 132 Å². The van der Waals surface area contributed by atoms with E-state index in [0.717, 1.165) is 22.9 Å². The molecule has 0 atom stereocenters. The number of nitrogens with zero attached hydrogens (tertiary/aromatic N) is 3. The van der Waals surface area contributed by atoms with Crippen molar-refractivity contribution in [2.24, 2.45) is 0 Å². The van der Waals surface area contributed by atoms with Crippen LogP contribution in [0, 0.1) is 25.6 Å². The van der Waals surface area contributed by atoms with Gasteiger partial charge in [-0.05, 0) is 6.07 Å². The van der Waals surface area contributed by atoms with Crippen molar-refractivity contribution in [1.29, 1.82) is 5.41 Å². The minimum atomic E-state index is -0.631. The van der Waals surface area contributed by atoms with Crippen molar-refractivity contribution in [2.45, 2.75) is 6.54 Å². The Labute approximate surface area is 139 Å². The number of hydrogen-bond acceptors (Lipinski definition) is 6. The molecule has 0 unspecified atom stereocenters. The van der Waals surface area contributed by atoms with Gasteiger partial charge in [0, 0.05) is 23.8 Å². The van der Waals surface area contributed by atoms with Crippen LogP contribution in [0.1, 0.15) is 10.4 Å². The fourth-order valence-electron chi connectivity index (χ4n) is 1.81. The first kappa shape index (κ1) is 18.2. The number of rotatable bonds is 5. The Morgan fingerprint density at radius 2 is 1.74 bits per heavy atom. The lowest BCUT2D eigenvalue weighted by molar-refractivity contribution is -0.385. The highest BCUT2D eigenvalue weighted by molar-refractivity contribution is 8.93. The lowest BCUT2D eigenvalue weighted by Crippen LogP contribution is -2.23. The van der Waals surface area contributed by atoms with E-state index in [2.05, 4.69) is 0 Å². The van der Waals surface area contributed by atoms with Gasteiger partial charge in [0.2, 0.25) is 0 Å². The SMILES string of the molecule is Br.N=c1ccc([N+](=O)[O-])cn1CC(=O)c1cccc([N+](=O)[O-])c1. The highest BCUT2D eigenvalue weighted by Gasteiger charge is 2.14. The third-order valence-corrected chi connectivity index (χ3v) is 2.91. The summed E-state index contributed by atoms with van der Waals surface area (Å²) in [5.74, 6) is -0.484. The molecular formula is C13H11BrN4O5. The summed E-state index contributed by atoms with van der Waals surface area (Å²) >= 11 is 0. The van der Waals surface area contributed by atoms with E-state index in [-0.39, 0.29) is 46.0 Å². The Morgan fingerprint density at radius 3 is 2.35 bits per heavy atom. The minimum absolute atomic E-state index is 0. The lowest BCUT2D eigenvalue weighted by Gasteiger charge is -2.06. The Hall–Kier alpha value is -2.88. The maximum atomic E-state index is 12.1. The predicted octanol–water partition coefficient (Wildman–Crippen LogP) is 2.24. The van der Waals surface area contributed by atoms with E-state index in [9.17, 15) is 25.0 Å². The fraction of sp³-hybridized carbons (Fsp3) is 0.0769. The highest BCUT2D eigenvalue weighted by Crippen LogP contribution is 2.14. The zero-order valence-corrected chi connectivity index (χ0v) is 13.3. The molecule has 10 heteroatoms. The van der Waals surface area contributed by atoms with E-state index < -0.39 is 15.6 Å². The molecule has 0 aliphatic rings. The number of halogens is 1. The van der Waals surface area contributed by atoms with Gasteiger partial charge in [0.15, 0.2) is 5.78 Å². The van der Waals surface area contributed by atoms with Gasteiger partial charge in [-0.1, -0.05) is 12.1 Å². The molecule has 0 aliphatic carbocycles. The van der Waals surface area contributed by atoms with Gasteiger partial charge in [0.1, 0.15) is 5.49 Å². The molecule has 1 N–H and O–H groups in total. The average Bonchev–Trinajstić information content (AvgIpc) is 2.49. The van der Waals surface area contributed by atoms with Crippen LogP contribution < -0.4 is 5.49 Å². The van der Waals surface area contributed by atoms with Crippen LogP contribution in [0.5, 0.6) is 0 Å². The summed E-state index contributed by atoms with van der Waals surface area (Å²) in [6, 6.07) is 7.55. The van der Waals surface area contributed by atoms with Crippen LogP contribution in [0.4, 0.5) is 11.4 Å². The molecule has 0 aliphatic heterocycles. The van der Waals surface area contributed by atoms with Crippen molar-refractivity contribution in [3.8, 4) is 0 Å². The monoisotopic (exact) mass is 382 g/mol. The number of benzene rings is 1. The molecule has 0 radical (unpaired) electrons. The van der Waals surface area contributed by atoms with E-state index in [1.807, 2.05) is 0 Å². The number of nitrogens with one attached hydrogen (secondary N) is 1. The summed E-state index contributed by atoms with van der Waals surface area (Å²) in [4.78, 5) is 32.3. The second-order valence-corrected chi connectivity index (χ2v) is 4.39. The standard InChI is InChI=1S/C13H10N4O5.BrH/c14-13-5-4-11(17(21)22)7-15(13)8-12(18)9-2-1-3-10(6-9)16(19)20;/h1-7,14H,8H2;1H. The maximum absolute atomic E-state index is 12.1. The number of ketones is 1. The molecule has 0 fully saturated rings. The predicted molar refractivity (Wildman–Crippen MR) is 84.7 cm³/mol. The smallest absolute Gasteiger partial charge is 0.285 e. The summed E-state index contributed by atoms with van der Waals surface area (Å²) in [6.45, 7) is -0.318. The number of nitro benzene ring substituents is 1. The first-order valence-corrected chi connectivity index (χ1v) is 6.05. The van der Waals surface area contributed by atoms with E-state index >= 15 is 0 Å². The third kappa shape index (κ3) is 4.30. The largest absolute Gasteiger partial charge is 0.319 e. The number of carbonyl (C=O) groups excluding carboxylic acids is 1. The second-order valence-electron chi connectivity index (χ2n) is 4.39. The maximum Gasteiger partial charge on any atom is 0.285 e. The molecule has 2 aromatic rings. The number of nitro groups is 2. The number of Topliss-reactive ketones (excluding diaryl/α,β-unsaturated/α-hetero) is 1. The van der Waals surface area contributed by atoms with Gasteiger partial charge in [0.05, 0.1) is 22.6 Å². The van der Waals surface area contributed by atoms with Crippen molar-refractivity contribution in [2.75, 3.05) is 0 Å². The fourth-order valence-corrected chi connectivity index (χ4v) is 1.81. The molecular weight excluding hydrogens is 372 g/mol. The Bertz CT molecular complexity index is 833. The second kappa shape index (κ2) is 7.40. The summed E-state index contributed by atoms with van der Waals surface area (Å²) < 4.78 is 1.11. The molecule has 0 saturated heterocycles. The Kier molecular flexibility index (Phi) is 5.85. The van der Waals surface area contributed by atoms with Crippen molar-refractivity contribution in [1.82, 2.24) is 4.57 Å². The van der Waals surface area contributed by atoms with Gasteiger partial charge in [0.25, 0.3) is 11.4 Å². The normalized spacial score (nSPS) is 9.74. The first-order chi connectivity index (χ1) is 10.4. The van der Waals surface area contributed by atoms with E-state index in [0.29, 0.717) is 0 Å². The van der Waals surface area contributed by atoms with Crippen molar-refractivity contribution >= 4 is 34.1 Å². The highest BCUT2D eigenvalue weighted by atomic mass is 79.9. The molecule has 23 heavy (non-hydrogen) atoms. The molecule has 0 bridgehead atoms. The number of hydrogen-bond donors (Lipinski definition) is 1. The van der Waals surface area contributed by atoms with Crippen LogP contribution in [0.25, 0.3) is 0 Å². The van der Waals surface area contributed by atoms with E-state index in [4.69, 9.17) is 5.41 Å². The van der Waals surface area contributed by atoms with Crippen LogP contribution in [0.15, 0.2) is 42.6 Å².